The summed E-state index contributed by atoms with van der Waals surface area (Å²) >= 11 is 0. The highest BCUT2D eigenvalue weighted by Gasteiger charge is 2.15. The number of nitrogens with two attached hydrogens (primary N) is 1. The Labute approximate surface area is 87.2 Å². The van der Waals surface area contributed by atoms with Crippen molar-refractivity contribution in [3.05, 3.63) is 42.5 Å². The van der Waals surface area contributed by atoms with Gasteiger partial charge in [-0.2, -0.15) is 0 Å². The maximum atomic E-state index is 5.52. The topological polar surface area (TPSA) is 81.7 Å². The molecule has 6 heteroatoms. The molecule has 1 unspecified atom stereocenters. The number of nitrogens with zero attached hydrogens (tertiary/aromatic N) is 4. The summed E-state index contributed by atoms with van der Waals surface area (Å²) in [5.74, 6) is 5.52. The quantitative estimate of drug-likeness (QED) is 0.533. The van der Waals surface area contributed by atoms with Crippen LogP contribution < -0.4 is 11.3 Å². The lowest BCUT2D eigenvalue weighted by Crippen LogP contribution is -2.30. The molecule has 0 spiro atoms. The number of hydrogen-bond donors (Lipinski definition) is 2. The predicted octanol–water partition coefficient (Wildman–Crippen LogP) is -0.237. The van der Waals surface area contributed by atoms with Crippen LogP contribution in [-0.2, 0) is 7.05 Å². The first-order valence-electron chi connectivity index (χ1n) is 4.50. The van der Waals surface area contributed by atoms with Gasteiger partial charge in [-0.05, 0) is 0 Å². The van der Waals surface area contributed by atoms with Gasteiger partial charge in [-0.25, -0.2) is 20.4 Å². The number of nitrogens with one attached hydrogen (secondary N) is 1. The summed E-state index contributed by atoms with van der Waals surface area (Å²) in [5.41, 5.74) is 4.59. The molecule has 2 aromatic rings. The minimum atomic E-state index is -0.140. The zero-order valence-corrected chi connectivity index (χ0v) is 8.33. The number of aryl methyl sites for hydroxylation is 1. The van der Waals surface area contributed by atoms with Crippen molar-refractivity contribution >= 4 is 0 Å². The Hall–Kier alpha value is -1.79. The fourth-order valence-corrected chi connectivity index (χ4v) is 1.46. The molecular formula is C9H12N6. The molecule has 0 radical (unpaired) electrons. The third-order valence-corrected chi connectivity index (χ3v) is 2.23. The Morgan fingerprint density at radius 1 is 1.27 bits per heavy atom. The van der Waals surface area contributed by atoms with Crippen molar-refractivity contribution in [3.63, 3.8) is 0 Å². The molecule has 78 valence electrons. The van der Waals surface area contributed by atoms with Crippen LogP contribution in [0.4, 0.5) is 0 Å². The molecule has 2 heterocycles. The lowest BCUT2D eigenvalue weighted by molar-refractivity contribution is 0.593. The van der Waals surface area contributed by atoms with Gasteiger partial charge in [-0.15, -0.1) is 0 Å². The second kappa shape index (κ2) is 4.16. The molecule has 0 saturated heterocycles. The van der Waals surface area contributed by atoms with Crippen LogP contribution in [0.15, 0.2) is 31.2 Å². The molecule has 0 amide bonds. The molecule has 0 aliphatic heterocycles. The SMILES string of the molecule is Cn1cncc1C(NN)c1cncnc1. The Kier molecular flexibility index (Phi) is 2.70. The smallest absolute Gasteiger partial charge is 0.115 e. The van der Waals surface area contributed by atoms with Crippen LogP contribution in [0.25, 0.3) is 0 Å². The minimum absolute atomic E-state index is 0.140. The van der Waals surface area contributed by atoms with E-state index in [1.165, 1.54) is 6.33 Å². The van der Waals surface area contributed by atoms with Gasteiger partial charge in [-0.1, -0.05) is 0 Å². The molecule has 0 aliphatic carbocycles. The van der Waals surface area contributed by atoms with Gasteiger partial charge < -0.3 is 4.57 Å². The molecule has 0 aromatic carbocycles. The van der Waals surface area contributed by atoms with Gasteiger partial charge in [0.1, 0.15) is 6.33 Å². The van der Waals surface area contributed by atoms with Crippen molar-refractivity contribution in [1.82, 2.24) is 24.9 Å². The van der Waals surface area contributed by atoms with Gasteiger partial charge >= 0.3 is 0 Å². The molecule has 6 nitrogen and oxygen atoms in total. The molecule has 1 atom stereocenters. The summed E-state index contributed by atoms with van der Waals surface area (Å²) in [6.45, 7) is 0. The number of hydrazine groups is 1. The summed E-state index contributed by atoms with van der Waals surface area (Å²) in [7, 11) is 1.91. The largest absolute Gasteiger partial charge is 0.336 e. The molecule has 0 bridgehead atoms. The molecular weight excluding hydrogens is 192 g/mol. The van der Waals surface area contributed by atoms with Crippen LogP contribution in [0.3, 0.4) is 0 Å². The van der Waals surface area contributed by atoms with Crippen molar-refractivity contribution in [2.75, 3.05) is 0 Å². The predicted molar refractivity (Wildman–Crippen MR) is 54.4 cm³/mol. The minimum Gasteiger partial charge on any atom is -0.336 e. The maximum absolute atomic E-state index is 5.52. The van der Waals surface area contributed by atoms with E-state index in [0.29, 0.717) is 0 Å². The zero-order chi connectivity index (χ0) is 10.7. The van der Waals surface area contributed by atoms with Crippen LogP contribution in [0.2, 0.25) is 0 Å². The number of hydrogen-bond acceptors (Lipinski definition) is 5. The van der Waals surface area contributed by atoms with Crippen LogP contribution >= 0.6 is 0 Å². The summed E-state index contributed by atoms with van der Waals surface area (Å²) < 4.78 is 1.90. The fourth-order valence-electron chi connectivity index (χ4n) is 1.46. The number of aromatic nitrogens is 4. The Morgan fingerprint density at radius 2 is 2.00 bits per heavy atom. The van der Waals surface area contributed by atoms with E-state index in [-0.39, 0.29) is 6.04 Å². The van der Waals surface area contributed by atoms with Crippen molar-refractivity contribution in [1.29, 1.82) is 0 Å². The Balaban J connectivity index is 2.37. The van der Waals surface area contributed by atoms with Gasteiger partial charge in [0, 0.05) is 25.0 Å². The first kappa shape index (κ1) is 9.75. The van der Waals surface area contributed by atoms with Gasteiger partial charge in [-0.3, -0.25) is 5.84 Å². The van der Waals surface area contributed by atoms with E-state index in [0.717, 1.165) is 11.3 Å². The summed E-state index contributed by atoms with van der Waals surface area (Å²) in [4.78, 5) is 12.0. The Morgan fingerprint density at radius 3 is 2.53 bits per heavy atom. The molecule has 15 heavy (non-hydrogen) atoms. The standard InChI is InChI=1S/C9H12N6/c1-15-6-13-4-8(15)9(14-10)7-2-11-5-12-3-7/h2-6,9,14H,10H2,1H3. The lowest BCUT2D eigenvalue weighted by atomic mass is 10.1. The van der Waals surface area contributed by atoms with Gasteiger partial charge in [0.05, 0.1) is 24.3 Å². The average molecular weight is 204 g/mol. The lowest BCUT2D eigenvalue weighted by Gasteiger charge is -2.15. The molecule has 0 saturated carbocycles. The van der Waals surface area contributed by atoms with Crippen molar-refractivity contribution in [2.45, 2.75) is 6.04 Å². The van der Waals surface area contributed by atoms with E-state index < -0.39 is 0 Å². The first-order valence-corrected chi connectivity index (χ1v) is 4.50. The first-order chi connectivity index (χ1) is 7.33. The average Bonchev–Trinajstić information content (AvgIpc) is 2.68. The summed E-state index contributed by atoms with van der Waals surface area (Å²) in [6.07, 6.45) is 8.43. The highest BCUT2D eigenvalue weighted by molar-refractivity contribution is 5.21. The van der Waals surface area contributed by atoms with E-state index in [9.17, 15) is 0 Å². The Bertz CT molecular complexity index is 423. The van der Waals surface area contributed by atoms with Crippen LogP contribution in [-0.4, -0.2) is 19.5 Å². The molecule has 2 rings (SSSR count). The highest BCUT2D eigenvalue weighted by Crippen LogP contribution is 2.18. The number of imidazole rings is 1. The number of rotatable bonds is 3. The highest BCUT2D eigenvalue weighted by atomic mass is 15.2. The maximum Gasteiger partial charge on any atom is 0.115 e. The van der Waals surface area contributed by atoms with Crippen molar-refractivity contribution in [2.24, 2.45) is 12.9 Å². The molecule has 3 N–H and O–H groups in total. The summed E-state index contributed by atoms with van der Waals surface area (Å²) in [5, 5.41) is 0. The second-order valence-electron chi connectivity index (χ2n) is 3.20. The van der Waals surface area contributed by atoms with Gasteiger partial charge in [0.25, 0.3) is 0 Å². The van der Waals surface area contributed by atoms with Crippen molar-refractivity contribution < 1.29 is 0 Å². The van der Waals surface area contributed by atoms with Crippen molar-refractivity contribution in [3.8, 4) is 0 Å². The van der Waals surface area contributed by atoms with E-state index in [1.54, 1.807) is 24.9 Å². The van der Waals surface area contributed by atoms with E-state index in [1.807, 2.05) is 11.6 Å². The van der Waals surface area contributed by atoms with Gasteiger partial charge in [0.15, 0.2) is 0 Å². The van der Waals surface area contributed by atoms with Crippen LogP contribution in [0.5, 0.6) is 0 Å². The van der Waals surface area contributed by atoms with E-state index in [4.69, 9.17) is 5.84 Å². The van der Waals surface area contributed by atoms with E-state index in [2.05, 4.69) is 20.4 Å². The fraction of sp³-hybridized carbons (Fsp3) is 0.222. The van der Waals surface area contributed by atoms with Crippen LogP contribution in [0, 0.1) is 0 Å². The monoisotopic (exact) mass is 204 g/mol. The third kappa shape index (κ3) is 1.85. The zero-order valence-electron chi connectivity index (χ0n) is 8.33. The summed E-state index contributed by atoms with van der Waals surface area (Å²) in [6, 6.07) is -0.140. The molecule has 0 fully saturated rings. The molecule has 0 aliphatic rings. The third-order valence-electron chi connectivity index (χ3n) is 2.23. The van der Waals surface area contributed by atoms with Gasteiger partial charge in [0.2, 0.25) is 0 Å². The second-order valence-corrected chi connectivity index (χ2v) is 3.20. The van der Waals surface area contributed by atoms with E-state index >= 15 is 0 Å². The normalized spacial score (nSPS) is 12.7. The van der Waals surface area contributed by atoms with Crippen LogP contribution in [0.1, 0.15) is 17.3 Å². The molecule has 2 aromatic heterocycles.